The molecule has 0 saturated heterocycles. The van der Waals surface area contributed by atoms with Gasteiger partial charge >= 0.3 is 0 Å². The quantitative estimate of drug-likeness (QED) is 0.542. The lowest BCUT2D eigenvalue weighted by Gasteiger charge is -2.18. The Kier molecular flexibility index (Phi) is 6.91. The lowest BCUT2D eigenvalue weighted by Crippen LogP contribution is -2.30. The molecular formula is C22H26N2O5S. The summed E-state index contributed by atoms with van der Waals surface area (Å²) in [5.41, 5.74) is 1.06. The van der Waals surface area contributed by atoms with Gasteiger partial charge in [0.25, 0.3) is 5.91 Å². The van der Waals surface area contributed by atoms with E-state index in [0.29, 0.717) is 36.4 Å². The summed E-state index contributed by atoms with van der Waals surface area (Å²) in [6.45, 7) is 4.57. The summed E-state index contributed by atoms with van der Waals surface area (Å²) in [7, 11) is -3.56. The maximum absolute atomic E-state index is 12.5. The van der Waals surface area contributed by atoms with E-state index in [4.69, 9.17) is 4.42 Å². The number of sulfonamides is 1. The molecule has 0 spiro atoms. The van der Waals surface area contributed by atoms with Crippen molar-refractivity contribution in [2.45, 2.75) is 31.3 Å². The predicted octanol–water partition coefficient (Wildman–Crippen LogP) is 3.32. The van der Waals surface area contributed by atoms with Crippen molar-refractivity contribution in [1.82, 2.24) is 9.62 Å². The van der Waals surface area contributed by atoms with Crippen molar-refractivity contribution < 1.29 is 22.7 Å². The molecule has 2 N–H and O–H groups in total. The van der Waals surface area contributed by atoms with Gasteiger partial charge in [-0.1, -0.05) is 32.0 Å². The number of amides is 1. The number of aliphatic hydroxyl groups is 1. The van der Waals surface area contributed by atoms with Gasteiger partial charge in [-0.2, -0.15) is 4.31 Å². The van der Waals surface area contributed by atoms with E-state index in [0.717, 1.165) is 5.39 Å². The van der Waals surface area contributed by atoms with Crippen LogP contribution in [0.2, 0.25) is 0 Å². The van der Waals surface area contributed by atoms with Gasteiger partial charge < -0.3 is 14.8 Å². The van der Waals surface area contributed by atoms with Crippen molar-refractivity contribution in [2.75, 3.05) is 19.6 Å². The molecule has 30 heavy (non-hydrogen) atoms. The zero-order chi connectivity index (χ0) is 21.7. The van der Waals surface area contributed by atoms with E-state index in [-0.39, 0.29) is 17.3 Å². The second-order valence-corrected chi connectivity index (χ2v) is 8.80. The van der Waals surface area contributed by atoms with E-state index < -0.39 is 16.1 Å². The third kappa shape index (κ3) is 4.72. The standard InChI is InChI=1S/C22H26N2O5S/c1-3-24(4-2)30(27,28)18-11-9-16(10-12-18)22(26)23-14-13-19(25)21-15-17-7-5-6-8-20(17)29-21/h5-12,15,19,25H,3-4,13-14H2,1-2H3,(H,23,26)/t19-/m0/s1. The molecule has 1 amide bonds. The highest BCUT2D eigenvalue weighted by Crippen LogP contribution is 2.25. The van der Waals surface area contributed by atoms with E-state index in [2.05, 4.69) is 5.32 Å². The zero-order valence-electron chi connectivity index (χ0n) is 17.0. The Labute approximate surface area is 176 Å². The topological polar surface area (TPSA) is 99.9 Å². The average molecular weight is 431 g/mol. The van der Waals surface area contributed by atoms with E-state index in [1.807, 2.05) is 24.3 Å². The minimum absolute atomic E-state index is 0.156. The minimum atomic E-state index is -3.56. The third-order valence-electron chi connectivity index (χ3n) is 4.94. The first-order valence-corrected chi connectivity index (χ1v) is 11.4. The first-order chi connectivity index (χ1) is 14.4. The first-order valence-electron chi connectivity index (χ1n) is 9.91. The summed E-state index contributed by atoms with van der Waals surface area (Å²) in [6, 6.07) is 15.1. The van der Waals surface area contributed by atoms with Gasteiger partial charge in [-0.3, -0.25) is 4.79 Å². The van der Waals surface area contributed by atoms with Crippen LogP contribution in [0.15, 0.2) is 63.9 Å². The fraction of sp³-hybridized carbons (Fsp3) is 0.318. The van der Waals surface area contributed by atoms with Crippen LogP contribution in [0.1, 0.15) is 42.5 Å². The maximum atomic E-state index is 12.5. The third-order valence-corrected chi connectivity index (χ3v) is 7.00. The molecule has 8 heteroatoms. The predicted molar refractivity (Wildman–Crippen MR) is 115 cm³/mol. The van der Waals surface area contributed by atoms with Crippen LogP contribution < -0.4 is 5.32 Å². The highest BCUT2D eigenvalue weighted by atomic mass is 32.2. The number of carbonyl (C=O) groups excluding carboxylic acids is 1. The summed E-state index contributed by atoms with van der Waals surface area (Å²) in [5, 5.41) is 14.0. The van der Waals surface area contributed by atoms with Crippen molar-refractivity contribution in [3.8, 4) is 0 Å². The van der Waals surface area contributed by atoms with Crippen LogP contribution in [0.3, 0.4) is 0 Å². The SMILES string of the molecule is CCN(CC)S(=O)(=O)c1ccc(C(=O)NCC[C@H](O)c2cc3ccccc3o2)cc1. The number of carbonyl (C=O) groups is 1. The first kappa shape index (κ1) is 22.0. The molecule has 0 aliphatic carbocycles. The van der Waals surface area contributed by atoms with Gasteiger partial charge in [0.15, 0.2) is 0 Å². The summed E-state index contributed by atoms with van der Waals surface area (Å²) < 4.78 is 32.0. The number of para-hydroxylation sites is 1. The molecule has 7 nitrogen and oxygen atoms in total. The maximum Gasteiger partial charge on any atom is 0.251 e. The van der Waals surface area contributed by atoms with Crippen molar-refractivity contribution in [3.05, 3.63) is 65.9 Å². The number of fused-ring (bicyclic) bond motifs is 1. The van der Waals surface area contributed by atoms with Crippen molar-refractivity contribution in [1.29, 1.82) is 0 Å². The van der Waals surface area contributed by atoms with Gasteiger partial charge in [-0.25, -0.2) is 8.42 Å². The molecule has 1 atom stereocenters. The zero-order valence-corrected chi connectivity index (χ0v) is 17.9. The van der Waals surface area contributed by atoms with Crippen LogP contribution in [0.25, 0.3) is 11.0 Å². The molecule has 0 bridgehead atoms. The van der Waals surface area contributed by atoms with Crippen LogP contribution in [-0.2, 0) is 10.0 Å². The van der Waals surface area contributed by atoms with Gasteiger partial charge in [-0.05, 0) is 42.8 Å². The van der Waals surface area contributed by atoms with Crippen LogP contribution in [0.4, 0.5) is 0 Å². The summed E-state index contributed by atoms with van der Waals surface area (Å²) in [5.74, 6) is 0.120. The van der Waals surface area contributed by atoms with Gasteiger partial charge in [0.05, 0.1) is 4.90 Å². The number of furan rings is 1. The fourth-order valence-electron chi connectivity index (χ4n) is 3.22. The second kappa shape index (κ2) is 9.42. The average Bonchev–Trinajstić information content (AvgIpc) is 3.19. The number of hydrogen-bond donors (Lipinski definition) is 2. The monoisotopic (exact) mass is 430 g/mol. The minimum Gasteiger partial charge on any atom is -0.458 e. The van der Waals surface area contributed by atoms with Crippen molar-refractivity contribution >= 4 is 26.9 Å². The molecule has 0 fully saturated rings. The number of rotatable bonds is 9. The molecule has 0 unspecified atom stereocenters. The Balaban J connectivity index is 1.57. The van der Waals surface area contributed by atoms with Crippen LogP contribution in [-0.4, -0.2) is 43.4 Å². The number of hydrogen-bond acceptors (Lipinski definition) is 5. The second-order valence-electron chi connectivity index (χ2n) is 6.86. The Morgan fingerprint density at radius 2 is 1.77 bits per heavy atom. The number of benzene rings is 2. The van der Waals surface area contributed by atoms with Crippen molar-refractivity contribution in [2.24, 2.45) is 0 Å². The molecule has 1 heterocycles. The molecule has 160 valence electrons. The lowest BCUT2D eigenvalue weighted by molar-refractivity contribution is 0.0936. The van der Waals surface area contributed by atoms with E-state index in [1.54, 1.807) is 19.9 Å². The summed E-state index contributed by atoms with van der Waals surface area (Å²) in [6.07, 6.45) is -0.542. The largest absolute Gasteiger partial charge is 0.458 e. The van der Waals surface area contributed by atoms with Crippen LogP contribution >= 0.6 is 0 Å². The highest BCUT2D eigenvalue weighted by molar-refractivity contribution is 7.89. The molecular weight excluding hydrogens is 404 g/mol. The van der Waals surface area contributed by atoms with Gasteiger partial charge in [0.2, 0.25) is 10.0 Å². The highest BCUT2D eigenvalue weighted by Gasteiger charge is 2.21. The molecule has 3 rings (SSSR count). The van der Waals surface area contributed by atoms with Crippen LogP contribution in [0, 0.1) is 0 Å². The Morgan fingerprint density at radius 1 is 1.10 bits per heavy atom. The Bertz CT molecular complexity index is 1070. The molecule has 0 radical (unpaired) electrons. The van der Waals surface area contributed by atoms with Gasteiger partial charge in [-0.15, -0.1) is 0 Å². The van der Waals surface area contributed by atoms with E-state index in [9.17, 15) is 18.3 Å². The fourth-order valence-corrected chi connectivity index (χ4v) is 4.68. The smallest absolute Gasteiger partial charge is 0.251 e. The summed E-state index contributed by atoms with van der Waals surface area (Å²) >= 11 is 0. The Hall–Kier alpha value is -2.68. The number of nitrogens with one attached hydrogen (secondary N) is 1. The van der Waals surface area contributed by atoms with Crippen LogP contribution in [0.5, 0.6) is 0 Å². The molecule has 3 aromatic rings. The summed E-state index contributed by atoms with van der Waals surface area (Å²) in [4.78, 5) is 12.5. The lowest BCUT2D eigenvalue weighted by atomic mass is 10.1. The Morgan fingerprint density at radius 3 is 2.40 bits per heavy atom. The molecule has 1 aromatic heterocycles. The molecule has 2 aromatic carbocycles. The molecule has 0 aliphatic heterocycles. The molecule has 0 saturated carbocycles. The van der Waals surface area contributed by atoms with E-state index in [1.165, 1.54) is 28.6 Å². The van der Waals surface area contributed by atoms with Gasteiger partial charge in [0, 0.05) is 30.6 Å². The van der Waals surface area contributed by atoms with Gasteiger partial charge in [0.1, 0.15) is 17.4 Å². The van der Waals surface area contributed by atoms with E-state index >= 15 is 0 Å². The van der Waals surface area contributed by atoms with Crippen molar-refractivity contribution in [3.63, 3.8) is 0 Å². The number of aliphatic hydroxyl groups excluding tert-OH is 1. The molecule has 0 aliphatic rings. The number of nitrogens with zero attached hydrogens (tertiary/aromatic N) is 1. The normalized spacial score (nSPS) is 12.9.